The monoisotopic (exact) mass is 483 g/mol. The van der Waals surface area contributed by atoms with Crippen molar-refractivity contribution in [2.75, 3.05) is 25.6 Å². The summed E-state index contributed by atoms with van der Waals surface area (Å²) in [7, 11) is 1.52. The first-order valence-electron chi connectivity index (χ1n) is 11.1. The van der Waals surface area contributed by atoms with Crippen LogP contribution in [0.3, 0.4) is 0 Å². The second kappa shape index (κ2) is 11.4. The number of methoxy groups -OCH3 is 1. The summed E-state index contributed by atoms with van der Waals surface area (Å²) >= 11 is 0. The number of aliphatic carboxylic acids is 1. The normalized spacial score (nSPS) is 14.7. The number of carboxylic acids is 1. The van der Waals surface area contributed by atoms with Crippen molar-refractivity contribution < 1.29 is 33.7 Å². The Morgan fingerprint density at radius 3 is 2.51 bits per heavy atom. The molecular formula is C25H29N3O7. The number of carbonyl (C=O) groups excluding carboxylic acids is 2. The number of nitrogens with one attached hydrogen (secondary N) is 2. The number of carbonyl (C=O) groups is 3. The summed E-state index contributed by atoms with van der Waals surface area (Å²) < 4.78 is 16.5. The highest BCUT2D eigenvalue weighted by Gasteiger charge is 2.25. The SMILES string of the molecule is COc1cc(NC(=O)C(=O)NC(C)(C)CCOc2ccc(CC(=O)O)cc2)ccc1C1CN=CO1. The fraction of sp³-hybridized carbons (Fsp3) is 0.360. The minimum Gasteiger partial charge on any atom is -0.496 e. The second-order valence-electron chi connectivity index (χ2n) is 8.66. The molecule has 0 aromatic heterocycles. The molecule has 0 bridgehead atoms. The van der Waals surface area contributed by atoms with Gasteiger partial charge in [0.25, 0.3) is 0 Å². The first-order valence-corrected chi connectivity index (χ1v) is 11.1. The van der Waals surface area contributed by atoms with Crippen molar-refractivity contribution in [3.05, 3.63) is 53.6 Å². The van der Waals surface area contributed by atoms with Crippen LogP contribution in [-0.4, -0.2) is 55.1 Å². The van der Waals surface area contributed by atoms with E-state index < -0.39 is 23.3 Å². The summed E-state index contributed by atoms with van der Waals surface area (Å²) in [5, 5.41) is 14.1. The van der Waals surface area contributed by atoms with E-state index >= 15 is 0 Å². The number of nitrogens with zero attached hydrogens (tertiary/aromatic N) is 1. The quantitative estimate of drug-likeness (QED) is 0.442. The van der Waals surface area contributed by atoms with Gasteiger partial charge >= 0.3 is 17.8 Å². The molecule has 2 amide bonds. The zero-order valence-electron chi connectivity index (χ0n) is 19.9. The zero-order chi connectivity index (χ0) is 25.4. The number of amides is 2. The van der Waals surface area contributed by atoms with Gasteiger partial charge in [-0.25, -0.2) is 0 Å². The van der Waals surface area contributed by atoms with Gasteiger partial charge in [0, 0.05) is 29.3 Å². The number of benzene rings is 2. The van der Waals surface area contributed by atoms with Gasteiger partial charge in [-0.15, -0.1) is 0 Å². The van der Waals surface area contributed by atoms with Gasteiger partial charge in [0.1, 0.15) is 17.6 Å². The highest BCUT2D eigenvalue weighted by Crippen LogP contribution is 2.32. The molecule has 10 nitrogen and oxygen atoms in total. The van der Waals surface area contributed by atoms with Gasteiger partial charge < -0.3 is 30.0 Å². The highest BCUT2D eigenvalue weighted by atomic mass is 16.5. The maximum atomic E-state index is 12.5. The first-order chi connectivity index (χ1) is 16.7. The molecule has 10 heteroatoms. The van der Waals surface area contributed by atoms with Gasteiger partial charge in [0.05, 0.1) is 26.7 Å². The Hall–Kier alpha value is -4.08. The lowest BCUT2D eigenvalue weighted by atomic mass is 10.0. The summed E-state index contributed by atoms with van der Waals surface area (Å²) in [5.74, 6) is -1.37. The minimum absolute atomic E-state index is 0.0533. The van der Waals surface area contributed by atoms with Crippen LogP contribution in [-0.2, 0) is 25.5 Å². The molecule has 1 heterocycles. The smallest absolute Gasteiger partial charge is 0.313 e. The largest absolute Gasteiger partial charge is 0.496 e. The van der Waals surface area contributed by atoms with E-state index in [9.17, 15) is 14.4 Å². The van der Waals surface area contributed by atoms with E-state index in [0.717, 1.165) is 5.56 Å². The maximum Gasteiger partial charge on any atom is 0.313 e. The van der Waals surface area contributed by atoms with Crippen molar-refractivity contribution in [1.29, 1.82) is 0 Å². The van der Waals surface area contributed by atoms with Crippen molar-refractivity contribution >= 4 is 29.9 Å². The third-order valence-electron chi connectivity index (χ3n) is 5.34. The van der Waals surface area contributed by atoms with E-state index in [-0.39, 0.29) is 12.5 Å². The van der Waals surface area contributed by atoms with Crippen molar-refractivity contribution in [1.82, 2.24) is 5.32 Å². The van der Waals surface area contributed by atoms with Gasteiger partial charge in [0.2, 0.25) is 0 Å². The fourth-order valence-electron chi connectivity index (χ4n) is 3.44. The molecule has 2 aromatic rings. The van der Waals surface area contributed by atoms with E-state index in [2.05, 4.69) is 15.6 Å². The van der Waals surface area contributed by atoms with Crippen LogP contribution >= 0.6 is 0 Å². The molecule has 1 atom stereocenters. The van der Waals surface area contributed by atoms with E-state index in [1.165, 1.54) is 13.5 Å². The Morgan fingerprint density at radius 1 is 1.14 bits per heavy atom. The topological polar surface area (TPSA) is 136 Å². The maximum absolute atomic E-state index is 12.5. The number of ether oxygens (including phenoxy) is 3. The van der Waals surface area contributed by atoms with Gasteiger partial charge in [-0.05, 0) is 43.7 Å². The van der Waals surface area contributed by atoms with Crippen molar-refractivity contribution in [2.45, 2.75) is 38.3 Å². The number of hydrogen-bond acceptors (Lipinski definition) is 7. The molecule has 0 radical (unpaired) electrons. The third kappa shape index (κ3) is 7.46. The average Bonchev–Trinajstić information content (AvgIpc) is 3.34. The molecule has 35 heavy (non-hydrogen) atoms. The summed E-state index contributed by atoms with van der Waals surface area (Å²) in [6.45, 7) is 4.36. The summed E-state index contributed by atoms with van der Waals surface area (Å²) in [5.41, 5.74) is 1.18. The molecule has 0 saturated heterocycles. The van der Waals surface area contributed by atoms with E-state index in [4.69, 9.17) is 19.3 Å². The minimum atomic E-state index is -0.898. The Balaban J connectivity index is 1.49. The predicted molar refractivity (Wildman–Crippen MR) is 129 cm³/mol. The average molecular weight is 484 g/mol. The molecule has 0 fully saturated rings. The van der Waals surface area contributed by atoms with Gasteiger partial charge in [-0.1, -0.05) is 12.1 Å². The Morgan fingerprint density at radius 2 is 1.89 bits per heavy atom. The van der Waals surface area contributed by atoms with Crippen LogP contribution < -0.4 is 20.1 Å². The third-order valence-corrected chi connectivity index (χ3v) is 5.34. The van der Waals surface area contributed by atoms with Crippen LogP contribution in [0.15, 0.2) is 47.5 Å². The number of aliphatic imine (C=N–C) groups is 1. The highest BCUT2D eigenvalue weighted by molar-refractivity contribution is 6.39. The molecule has 3 rings (SSSR count). The van der Waals surface area contributed by atoms with E-state index in [1.807, 2.05) is 0 Å². The Bertz CT molecular complexity index is 1090. The van der Waals surface area contributed by atoms with E-state index in [1.54, 1.807) is 56.3 Å². The standard InChI is InChI=1S/C25H29N3O7/c1-25(2,10-11-34-18-7-4-16(5-8-18)12-22(29)30)28-24(32)23(31)27-17-6-9-19(20(13-17)33-3)21-14-26-15-35-21/h4-9,13,15,21H,10-12,14H2,1-3H3,(H,27,31)(H,28,32)(H,29,30). The molecule has 0 spiro atoms. The Labute approximate surface area is 203 Å². The molecule has 0 saturated carbocycles. The first kappa shape index (κ1) is 25.5. The van der Waals surface area contributed by atoms with Crippen LogP contribution in [0.25, 0.3) is 0 Å². The van der Waals surface area contributed by atoms with Gasteiger partial charge in [-0.3, -0.25) is 19.4 Å². The molecular weight excluding hydrogens is 454 g/mol. The van der Waals surface area contributed by atoms with Crippen LogP contribution in [0.5, 0.6) is 11.5 Å². The number of hydrogen-bond donors (Lipinski definition) is 3. The Kier molecular flexibility index (Phi) is 8.30. The van der Waals surface area contributed by atoms with Crippen LogP contribution in [0.1, 0.15) is 37.5 Å². The lowest BCUT2D eigenvalue weighted by Gasteiger charge is -2.26. The molecule has 0 aliphatic carbocycles. The van der Waals surface area contributed by atoms with E-state index in [0.29, 0.717) is 42.3 Å². The van der Waals surface area contributed by atoms with Crippen molar-refractivity contribution in [3.63, 3.8) is 0 Å². The number of rotatable bonds is 10. The zero-order valence-corrected chi connectivity index (χ0v) is 19.9. The number of anilines is 1. The lowest BCUT2D eigenvalue weighted by molar-refractivity contribution is -0.137. The molecule has 3 N–H and O–H groups in total. The van der Waals surface area contributed by atoms with Crippen LogP contribution in [0.2, 0.25) is 0 Å². The van der Waals surface area contributed by atoms with Gasteiger partial charge in [-0.2, -0.15) is 0 Å². The summed E-state index contributed by atoms with van der Waals surface area (Å²) in [6, 6.07) is 11.8. The van der Waals surface area contributed by atoms with Crippen LogP contribution in [0, 0.1) is 0 Å². The molecule has 2 aromatic carbocycles. The predicted octanol–water partition coefficient (Wildman–Crippen LogP) is 2.72. The molecule has 1 unspecified atom stereocenters. The summed E-state index contributed by atoms with van der Waals surface area (Å²) in [4.78, 5) is 39.7. The van der Waals surface area contributed by atoms with Crippen molar-refractivity contribution in [3.8, 4) is 11.5 Å². The molecule has 186 valence electrons. The van der Waals surface area contributed by atoms with Crippen LogP contribution in [0.4, 0.5) is 5.69 Å². The summed E-state index contributed by atoms with van der Waals surface area (Å²) in [6.07, 6.45) is 1.54. The van der Waals surface area contributed by atoms with Crippen molar-refractivity contribution in [2.24, 2.45) is 4.99 Å². The number of carboxylic acid groups (broad SMARTS) is 1. The fourth-order valence-corrected chi connectivity index (χ4v) is 3.44. The lowest BCUT2D eigenvalue weighted by Crippen LogP contribution is -2.48. The van der Waals surface area contributed by atoms with Gasteiger partial charge in [0.15, 0.2) is 6.40 Å². The second-order valence-corrected chi connectivity index (χ2v) is 8.66. The molecule has 1 aliphatic rings. The molecule has 1 aliphatic heterocycles.